The maximum atomic E-state index is 11.9. The van der Waals surface area contributed by atoms with Crippen molar-refractivity contribution in [3.05, 3.63) is 0 Å². The summed E-state index contributed by atoms with van der Waals surface area (Å²) in [5, 5.41) is 3.45. The predicted octanol–water partition coefficient (Wildman–Crippen LogP) is 3.28. The molecule has 0 radical (unpaired) electrons. The smallest absolute Gasteiger partial charge is 0.308 e. The third-order valence-corrected chi connectivity index (χ3v) is 3.82. The maximum Gasteiger partial charge on any atom is 0.308 e. The molecule has 0 aromatic rings. The quantitative estimate of drug-likeness (QED) is 0.534. The number of rotatable bonds is 8. The van der Waals surface area contributed by atoms with Crippen LogP contribution >= 0.6 is 0 Å². The first-order chi connectivity index (χ1) is 8.77. The maximum absolute atomic E-state index is 11.9. The van der Waals surface area contributed by atoms with Crippen LogP contribution in [0.2, 0.25) is 0 Å². The molecule has 0 spiro atoms. The molecule has 0 aliphatic heterocycles. The third kappa shape index (κ3) is 5.85. The second-order valence-electron chi connectivity index (χ2n) is 5.38. The first kappa shape index (κ1) is 15.5. The van der Waals surface area contributed by atoms with Crippen LogP contribution in [0, 0.1) is 5.92 Å². The second kappa shape index (κ2) is 9.37. The van der Waals surface area contributed by atoms with E-state index in [9.17, 15) is 4.79 Å². The molecule has 0 bridgehead atoms. The third-order valence-electron chi connectivity index (χ3n) is 3.82. The van der Waals surface area contributed by atoms with Crippen LogP contribution in [-0.2, 0) is 9.53 Å². The molecule has 0 aromatic carbocycles. The monoisotopic (exact) mass is 255 g/mol. The van der Waals surface area contributed by atoms with Crippen LogP contribution in [0.1, 0.15) is 65.2 Å². The molecule has 0 aromatic heterocycles. The van der Waals surface area contributed by atoms with Gasteiger partial charge in [0.05, 0.1) is 5.92 Å². The zero-order valence-corrected chi connectivity index (χ0v) is 12.0. The number of ether oxygens (including phenoxy) is 1. The number of carbonyl (C=O) groups is 1. The second-order valence-corrected chi connectivity index (χ2v) is 5.38. The Morgan fingerprint density at radius 3 is 2.61 bits per heavy atom. The Hall–Kier alpha value is -0.570. The van der Waals surface area contributed by atoms with Gasteiger partial charge in [-0.1, -0.05) is 39.5 Å². The first-order valence-electron chi connectivity index (χ1n) is 7.68. The number of unbranched alkanes of at least 4 members (excludes halogenated alkanes) is 1. The summed E-state index contributed by atoms with van der Waals surface area (Å²) in [6, 6.07) is 0.323. The van der Waals surface area contributed by atoms with Gasteiger partial charge in [0, 0.05) is 6.04 Å². The van der Waals surface area contributed by atoms with Crippen LogP contribution in [0.4, 0.5) is 0 Å². The fourth-order valence-electron chi connectivity index (χ4n) is 2.44. The van der Waals surface area contributed by atoms with E-state index in [1.807, 2.05) is 0 Å². The fourth-order valence-corrected chi connectivity index (χ4v) is 2.44. The number of nitrogens with one attached hydrogen (secondary N) is 1. The van der Waals surface area contributed by atoms with Gasteiger partial charge in [-0.05, 0) is 32.2 Å². The standard InChI is InChI=1S/C15H29NO2/c1-3-5-11-16-14(4-2)12-18-15(17)13-9-7-6-8-10-13/h13-14,16H,3-12H2,1-2H3. The number of hydrogen-bond acceptors (Lipinski definition) is 3. The van der Waals surface area contributed by atoms with Crippen LogP contribution in [0.15, 0.2) is 0 Å². The molecule has 3 nitrogen and oxygen atoms in total. The molecule has 106 valence electrons. The van der Waals surface area contributed by atoms with Crippen molar-refractivity contribution < 1.29 is 9.53 Å². The molecule has 0 saturated heterocycles. The highest BCUT2D eigenvalue weighted by molar-refractivity contribution is 5.72. The summed E-state index contributed by atoms with van der Waals surface area (Å²) in [5.74, 6) is 0.206. The van der Waals surface area contributed by atoms with Gasteiger partial charge >= 0.3 is 5.97 Å². The molecular formula is C15H29NO2. The molecular weight excluding hydrogens is 226 g/mol. The van der Waals surface area contributed by atoms with Crippen molar-refractivity contribution in [1.29, 1.82) is 0 Å². The molecule has 1 saturated carbocycles. The molecule has 3 heteroatoms. The minimum atomic E-state index is 0.0328. The van der Waals surface area contributed by atoms with Gasteiger partial charge in [-0.2, -0.15) is 0 Å². The normalized spacial score (nSPS) is 18.6. The summed E-state index contributed by atoms with van der Waals surface area (Å²) in [5.41, 5.74) is 0. The molecule has 1 fully saturated rings. The van der Waals surface area contributed by atoms with Crippen molar-refractivity contribution in [2.75, 3.05) is 13.2 Å². The topological polar surface area (TPSA) is 38.3 Å². The van der Waals surface area contributed by atoms with E-state index in [0.29, 0.717) is 12.6 Å². The first-order valence-corrected chi connectivity index (χ1v) is 7.68. The Balaban J connectivity index is 2.17. The Morgan fingerprint density at radius 2 is 2.00 bits per heavy atom. The Bertz CT molecular complexity index is 225. The lowest BCUT2D eigenvalue weighted by Crippen LogP contribution is -2.35. The molecule has 1 N–H and O–H groups in total. The van der Waals surface area contributed by atoms with Crippen LogP contribution < -0.4 is 5.32 Å². The minimum absolute atomic E-state index is 0.0328. The summed E-state index contributed by atoms with van der Waals surface area (Å²) in [4.78, 5) is 11.9. The van der Waals surface area contributed by atoms with E-state index in [1.165, 1.54) is 32.1 Å². The van der Waals surface area contributed by atoms with E-state index in [1.54, 1.807) is 0 Å². The van der Waals surface area contributed by atoms with E-state index in [4.69, 9.17) is 4.74 Å². The molecule has 1 unspecified atom stereocenters. The highest BCUT2D eigenvalue weighted by atomic mass is 16.5. The highest BCUT2D eigenvalue weighted by Gasteiger charge is 2.23. The summed E-state index contributed by atoms with van der Waals surface area (Å²) < 4.78 is 5.46. The van der Waals surface area contributed by atoms with Gasteiger partial charge in [-0.25, -0.2) is 0 Å². The number of esters is 1. The lowest BCUT2D eigenvalue weighted by atomic mass is 9.89. The fraction of sp³-hybridized carbons (Fsp3) is 0.933. The highest BCUT2D eigenvalue weighted by Crippen LogP contribution is 2.24. The SMILES string of the molecule is CCCCNC(CC)COC(=O)C1CCCCC1. The van der Waals surface area contributed by atoms with Gasteiger partial charge in [0.15, 0.2) is 0 Å². The molecule has 1 atom stereocenters. The summed E-state index contributed by atoms with van der Waals surface area (Å²) in [6.45, 7) is 5.88. The van der Waals surface area contributed by atoms with Crippen molar-refractivity contribution in [3.8, 4) is 0 Å². The van der Waals surface area contributed by atoms with E-state index >= 15 is 0 Å². The Kier molecular flexibility index (Phi) is 8.06. The summed E-state index contributed by atoms with van der Waals surface area (Å²) in [6.07, 6.45) is 9.11. The van der Waals surface area contributed by atoms with Crippen molar-refractivity contribution in [3.63, 3.8) is 0 Å². The van der Waals surface area contributed by atoms with Crippen molar-refractivity contribution in [2.24, 2.45) is 5.92 Å². The predicted molar refractivity (Wildman–Crippen MR) is 74.5 cm³/mol. The van der Waals surface area contributed by atoms with Gasteiger partial charge < -0.3 is 10.1 Å². The van der Waals surface area contributed by atoms with Crippen LogP contribution in [0.25, 0.3) is 0 Å². The van der Waals surface area contributed by atoms with E-state index < -0.39 is 0 Å². The number of carbonyl (C=O) groups excluding carboxylic acids is 1. The van der Waals surface area contributed by atoms with E-state index in [0.717, 1.165) is 25.8 Å². The lowest BCUT2D eigenvalue weighted by molar-refractivity contribution is -0.150. The van der Waals surface area contributed by atoms with Crippen LogP contribution in [0.5, 0.6) is 0 Å². The van der Waals surface area contributed by atoms with E-state index in [2.05, 4.69) is 19.2 Å². The Morgan fingerprint density at radius 1 is 1.28 bits per heavy atom. The average molecular weight is 255 g/mol. The van der Waals surface area contributed by atoms with Gasteiger partial charge in [-0.15, -0.1) is 0 Å². The van der Waals surface area contributed by atoms with Crippen molar-refractivity contribution in [1.82, 2.24) is 5.32 Å². The number of hydrogen-bond donors (Lipinski definition) is 1. The lowest BCUT2D eigenvalue weighted by Gasteiger charge is -2.22. The van der Waals surface area contributed by atoms with Gasteiger partial charge in [0.1, 0.15) is 6.61 Å². The average Bonchev–Trinajstić information content (AvgIpc) is 2.43. The molecule has 1 rings (SSSR count). The van der Waals surface area contributed by atoms with Gasteiger partial charge in [-0.3, -0.25) is 4.79 Å². The molecule has 1 aliphatic carbocycles. The van der Waals surface area contributed by atoms with Crippen molar-refractivity contribution >= 4 is 5.97 Å². The van der Waals surface area contributed by atoms with Crippen molar-refractivity contribution in [2.45, 2.75) is 71.3 Å². The molecule has 18 heavy (non-hydrogen) atoms. The summed E-state index contributed by atoms with van der Waals surface area (Å²) >= 11 is 0. The Labute approximate surface area is 112 Å². The van der Waals surface area contributed by atoms with E-state index in [-0.39, 0.29) is 11.9 Å². The minimum Gasteiger partial charge on any atom is -0.464 e. The molecule has 1 aliphatic rings. The zero-order valence-electron chi connectivity index (χ0n) is 12.0. The van der Waals surface area contributed by atoms with Gasteiger partial charge in [0.25, 0.3) is 0 Å². The van der Waals surface area contributed by atoms with Crippen LogP contribution in [-0.4, -0.2) is 25.2 Å². The zero-order chi connectivity index (χ0) is 13.2. The largest absolute Gasteiger partial charge is 0.464 e. The molecule has 0 amide bonds. The van der Waals surface area contributed by atoms with Crippen LogP contribution in [0.3, 0.4) is 0 Å². The molecule has 0 heterocycles. The van der Waals surface area contributed by atoms with Gasteiger partial charge in [0.2, 0.25) is 0 Å². The summed E-state index contributed by atoms with van der Waals surface area (Å²) in [7, 11) is 0.